The van der Waals surface area contributed by atoms with Crippen molar-refractivity contribution in [3.8, 4) is 23.0 Å². The van der Waals surface area contributed by atoms with Gasteiger partial charge in [0.05, 0.1) is 0 Å². The van der Waals surface area contributed by atoms with E-state index in [9.17, 15) is 40.2 Å². The Morgan fingerprint density at radius 2 is 1.46 bits per heavy atom. The van der Waals surface area contributed by atoms with Crippen LogP contribution in [0.5, 0.6) is 23.0 Å². The Hall–Kier alpha value is -3.10. The molecule has 0 spiro atoms. The zero-order valence-corrected chi connectivity index (χ0v) is 13.6. The maximum atomic E-state index is 13.0. The molecule has 0 amide bonds. The number of carbonyl (C=O) groups excluding carboxylic acids is 2. The molecule has 8 nitrogen and oxygen atoms in total. The third-order valence-corrected chi connectivity index (χ3v) is 4.39. The summed E-state index contributed by atoms with van der Waals surface area (Å²) >= 11 is 0. The number of benzene rings is 2. The van der Waals surface area contributed by atoms with Crippen molar-refractivity contribution in [1.29, 1.82) is 0 Å². The molecule has 0 aliphatic heterocycles. The summed E-state index contributed by atoms with van der Waals surface area (Å²) < 4.78 is 0. The van der Waals surface area contributed by atoms with Crippen LogP contribution in [0.4, 0.5) is 0 Å². The fraction of sp³-hybridized carbons (Fsp3) is 0.222. The second-order valence-electron chi connectivity index (χ2n) is 6.59. The van der Waals surface area contributed by atoms with Crippen LogP contribution in [0.1, 0.15) is 39.6 Å². The van der Waals surface area contributed by atoms with E-state index in [0.29, 0.717) is 0 Å². The maximum Gasteiger partial charge on any atom is 0.199 e. The van der Waals surface area contributed by atoms with Gasteiger partial charge in [0.2, 0.25) is 0 Å². The normalized spacial score (nSPS) is 25.0. The molecule has 6 N–H and O–H groups in total. The van der Waals surface area contributed by atoms with Gasteiger partial charge >= 0.3 is 0 Å². The number of rotatable bonds is 2. The monoisotopic (exact) mass is 360 g/mol. The number of phenolic OH excluding ortho intramolecular Hbond substituents is 4. The van der Waals surface area contributed by atoms with Crippen molar-refractivity contribution in [2.24, 2.45) is 0 Å². The number of hydrogen-bond donors (Lipinski definition) is 6. The van der Waals surface area contributed by atoms with Gasteiger partial charge in [0.25, 0.3) is 0 Å². The van der Waals surface area contributed by atoms with Gasteiger partial charge in [-0.1, -0.05) is 0 Å². The number of Topliss-reactive ketones (excluding diaryl/α,β-unsaturated/α-hetero) is 2. The lowest BCUT2D eigenvalue weighted by Gasteiger charge is -2.40. The van der Waals surface area contributed by atoms with E-state index >= 15 is 0 Å². The fourth-order valence-electron chi connectivity index (χ4n) is 3.34. The topological polar surface area (TPSA) is 156 Å². The molecule has 1 aliphatic rings. The maximum absolute atomic E-state index is 13.0. The first-order chi connectivity index (χ1) is 12.0. The fourth-order valence-corrected chi connectivity index (χ4v) is 3.34. The van der Waals surface area contributed by atoms with E-state index in [1.54, 1.807) is 0 Å². The van der Waals surface area contributed by atoms with Crippen LogP contribution in [-0.4, -0.2) is 47.8 Å². The molecule has 0 heterocycles. The van der Waals surface area contributed by atoms with Crippen LogP contribution in [0.15, 0.2) is 30.3 Å². The standard InChI is InChI=1S/C18H16O8/c1-17(25)7-18(26,15(23)8-2-9(19)4-10(20)3-8)14-12(16(17)24)5-11(21)6-13(14)22/h2-6,19-22,25-26H,7H2,1H3. The quantitative estimate of drug-likeness (QED) is 0.432. The van der Waals surface area contributed by atoms with Crippen molar-refractivity contribution in [3.63, 3.8) is 0 Å². The first kappa shape index (κ1) is 17.7. The van der Waals surface area contributed by atoms with E-state index in [2.05, 4.69) is 0 Å². The van der Waals surface area contributed by atoms with Gasteiger partial charge in [-0.05, 0) is 25.1 Å². The molecule has 3 rings (SSSR count). The minimum absolute atomic E-state index is 0.298. The van der Waals surface area contributed by atoms with Gasteiger partial charge in [-0.25, -0.2) is 0 Å². The van der Waals surface area contributed by atoms with Crippen LogP contribution in [0.25, 0.3) is 0 Å². The number of aliphatic hydroxyl groups is 2. The van der Waals surface area contributed by atoms with Crippen LogP contribution < -0.4 is 0 Å². The minimum Gasteiger partial charge on any atom is -0.508 e. The number of hydrogen-bond acceptors (Lipinski definition) is 8. The summed E-state index contributed by atoms with van der Waals surface area (Å²) in [7, 11) is 0. The van der Waals surface area contributed by atoms with Gasteiger partial charge in [-0.3, -0.25) is 9.59 Å². The summed E-state index contributed by atoms with van der Waals surface area (Å²) in [4.78, 5) is 25.4. The van der Waals surface area contributed by atoms with Crippen LogP contribution in [0, 0.1) is 0 Å². The molecule has 0 fully saturated rings. The van der Waals surface area contributed by atoms with E-state index in [-0.39, 0.29) is 5.56 Å². The van der Waals surface area contributed by atoms with Gasteiger partial charge < -0.3 is 30.6 Å². The van der Waals surface area contributed by atoms with E-state index in [1.807, 2.05) is 0 Å². The highest BCUT2D eigenvalue weighted by molar-refractivity contribution is 6.12. The summed E-state index contributed by atoms with van der Waals surface area (Å²) in [6, 6.07) is 4.74. The third-order valence-electron chi connectivity index (χ3n) is 4.39. The Kier molecular flexibility index (Phi) is 3.71. The van der Waals surface area contributed by atoms with Crippen molar-refractivity contribution in [2.75, 3.05) is 0 Å². The predicted octanol–water partition coefficient (Wildman–Crippen LogP) is 0.917. The van der Waals surface area contributed by atoms with Crippen molar-refractivity contribution in [2.45, 2.75) is 24.5 Å². The summed E-state index contributed by atoms with van der Waals surface area (Å²) in [5.41, 5.74) is -5.85. The Balaban J connectivity index is 2.28. The van der Waals surface area contributed by atoms with Gasteiger partial charge in [0, 0.05) is 35.2 Å². The second-order valence-corrected chi connectivity index (χ2v) is 6.59. The molecule has 0 saturated heterocycles. The first-order valence-corrected chi connectivity index (χ1v) is 7.59. The largest absolute Gasteiger partial charge is 0.508 e. The van der Waals surface area contributed by atoms with Gasteiger partial charge in [-0.2, -0.15) is 0 Å². The second kappa shape index (κ2) is 5.45. The average molecular weight is 360 g/mol. The Bertz CT molecular complexity index is 926. The number of carbonyl (C=O) groups is 2. The molecular formula is C18H16O8. The number of fused-ring (bicyclic) bond motifs is 1. The summed E-state index contributed by atoms with van der Waals surface area (Å²) in [5.74, 6) is -4.01. The highest BCUT2D eigenvalue weighted by Gasteiger charge is 2.54. The molecule has 0 radical (unpaired) electrons. The number of aromatic hydroxyl groups is 4. The van der Waals surface area contributed by atoms with Crippen LogP contribution >= 0.6 is 0 Å². The highest BCUT2D eigenvalue weighted by Crippen LogP contribution is 2.47. The summed E-state index contributed by atoms with van der Waals surface area (Å²) in [6.45, 7) is 1.09. The average Bonchev–Trinajstić information content (AvgIpc) is 2.49. The number of phenols is 4. The van der Waals surface area contributed by atoms with Gasteiger partial charge in [0.15, 0.2) is 17.2 Å². The highest BCUT2D eigenvalue weighted by atomic mass is 16.3. The Morgan fingerprint density at radius 3 is 2.04 bits per heavy atom. The lowest BCUT2D eigenvalue weighted by atomic mass is 9.68. The van der Waals surface area contributed by atoms with E-state index < -0.39 is 63.3 Å². The molecule has 2 atom stereocenters. The molecule has 26 heavy (non-hydrogen) atoms. The van der Waals surface area contributed by atoms with Crippen molar-refractivity contribution < 1.29 is 40.2 Å². The first-order valence-electron chi connectivity index (χ1n) is 7.59. The van der Waals surface area contributed by atoms with E-state index in [1.165, 1.54) is 0 Å². The molecule has 136 valence electrons. The van der Waals surface area contributed by atoms with E-state index in [4.69, 9.17) is 0 Å². The van der Waals surface area contributed by atoms with E-state index in [0.717, 1.165) is 37.3 Å². The lowest BCUT2D eigenvalue weighted by molar-refractivity contribution is -0.0385. The summed E-state index contributed by atoms with van der Waals surface area (Å²) in [6.07, 6.45) is -0.764. The zero-order chi connectivity index (χ0) is 19.4. The molecule has 0 aromatic heterocycles. The third kappa shape index (κ3) is 2.56. The van der Waals surface area contributed by atoms with Crippen molar-refractivity contribution in [1.82, 2.24) is 0 Å². The molecule has 2 aromatic carbocycles. The smallest absolute Gasteiger partial charge is 0.199 e. The van der Waals surface area contributed by atoms with Crippen LogP contribution in [0.2, 0.25) is 0 Å². The predicted molar refractivity (Wildman–Crippen MR) is 87.3 cm³/mol. The molecule has 2 aromatic rings. The molecule has 0 saturated carbocycles. The van der Waals surface area contributed by atoms with Crippen molar-refractivity contribution in [3.05, 3.63) is 47.0 Å². The van der Waals surface area contributed by atoms with Gasteiger partial charge in [-0.15, -0.1) is 0 Å². The number of ketones is 2. The molecular weight excluding hydrogens is 344 g/mol. The Labute approximate surface area is 147 Å². The molecule has 0 bridgehead atoms. The molecule has 8 heteroatoms. The van der Waals surface area contributed by atoms with Crippen LogP contribution in [0.3, 0.4) is 0 Å². The summed E-state index contributed by atoms with van der Waals surface area (Å²) in [5, 5.41) is 60.4. The SMILES string of the molecule is CC1(O)CC(O)(C(=O)c2cc(O)cc(O)c2)c2c(O)cc(O)cc2C1=O. The van der Waals surface area contributed by atoms with Crippen molar-refractivity contribution >= 4 is 11.6 Å². The van der Waals surface area contributed by atoms with Crippen LogP contribution in [-0.2, 0) is 5.60 Å². The minimum atomic E-state index is -2.54. The lowest BCUT2D eigenvalue weighted by Crippen LogP contribution is -2.52. The molecule has 2 unspecified atom stereocenters. The van der Waals surface area contributed by atoms with Gasteiger partial charge in [0.1, 0.15) is 28.6 Å². The Morgan fingerprint density at radius 1 is 0.923 bits per heavy atom. The molecule has 1 aliphatic carbocycles. The zero-order valence-electron chi connectivity index (χ0n) is 13.6.